The molecule has 2 unspecified atom stereocenters. The van der Waals surface area contributed by atoms with E-state index in [1.54, 1.807) is 0 Å². The van der Waals surface area contributed by atoms with E-state index in [2.05, 4.69) is 42.4 Å². The Bertz CT molecular complexity index is 384. The van der Waals surface area contributed by atoms with Gasteiger partial charge in [-0.1, -0.05) is 0 Å². The Morgan fingerprint density at radius 2 is 1.12 bits per heavy atom. The van der Waals surface area contributed by atoms with Crippen LogP contribution in [0.2, 0.25) is 0 Å². The Hall–Kier alpha value is -0.330. The van der Waals surface area contributed by atoms with Crippen LogP contribution in [-0.4, -0.2) is 78.3 Å². The lowest BCUT2D eigenvalue weighted by molar-refractivity contribution is -0.186. The van der Waals surface area contributed by atoms with Gasteiger partial charge in [0.05, 0.1) is 5.92 Å². The first-order valence-electron chi connectivity index (χ1n) is 9.97. The fourth-order valence-electron chi connectivity index (χ4n) is 4.21. The predicted octanol–water partition coefficient (Wildman–Crippen LogP) is 3.84. The highest BCUT2D eigenvalue weighted by atomic mass is 19.4. The molecule has 0 radical (unpaired) electrons. The smallest absolute Gasteiger partial charge is 0.301 e. The van der Waals surface area contributed by atoms with Gasteiger partial charge in [0, 0.05) is 44.3 Å². The van der Waals surface area contributed by atoms with Crippen LogP contribution in [0.5, 0.6) is 0 Å². The van der Waals surface area contributed by atoms with E-state index in [-0.39, 0.29) is 12.8 Å². The molecule has 0 aromatic heterocycles. The first-order chi connectivity index (χ1) is 11.7. The summed E-state index contributed by atoms with van der Waals surface area (Å²) in [6, 6.07) is 1.56. The monoisotopic (exact) mass is 363 g/mol. The zero-order valence-electron chi connectivity index (χ0n) is 16.4. The summed E-state index contributed by atoms with van der Waals surface area (Å²) in [7, 11) is 0. The van der Waals surface area contributed by atoms with Crippen LogP contribution in [0, 0.1) is 5.92 Å². The van der Waals surface area contributed by atoms with Gasteiger partial charge in [-0.05, 0) is 66.5 Å². The van der Waals surface area contributed by atoms with Gasteiger partial charge in [-0.2, -0.15) is 13.2 Å². The van der Waals surface area contributed by atoms with Crippen molar-refractivity contribution < 1.29 is 13.2 Å². The summed E-state index contributed by atoms with van der Waals surface area (Å²) in [5, 5.41) is 0. The molecule has 2 aliphatic rings. The van der Waals surface area contributed by atoms with E-state index in [9.17, 15) is 13.2 Å². The number of alkyl halides is 3. The lowest BCUT2D eigenvalue weighted by Gasteiger charge is -2.41. The largest absolute Gasteiger partial charge is 0.391 e. The molecule has 0 amide bonds. The summed E-state index contributed by atoms with van der Waals surface area (Å²) in [4.78, 5) is 7.35. The van der Waals surface area contributed by atoms with Crippen molar-refractivity contribution in [2.45, 2.75) is 77.7 Å². The molecule has 2 atom stereocenters. The van der Waals surface area contributed by atoms with Gasteiger partial charge in [0.2, 0.25) is 0 Å². The number of rotatable bonds is 6. The van der Waals surface area contributed by atoms with E-state index in [1.807, 2.05) is 0 Å². The lowest BCUT2D eigenvalue weighted by atomic mass is 9.94. The molecule has 2 fully saturated rings. The predicted molar refractivity (Wildman–Crippen MR) is 96.8 cm³/mol. The molecule has 148 valence electrons. The Kier molecular flexibility index (Phi) is 7.59. The summed E-state index contributed by atoms with van der Waals surface area (Å²) in [6.45, 7) is 14.7. The minimum Gasteiger partial charge on any atom is -0.301 e. The minimum absolute atomic E-state index is 0.264. The van der Waals surface area contributed by atoms with Crippen LogP contribution in [0.4, 0.5) is 13.2 Å². The second-order valence-electron chi connectivity index (χ2n) is 8.29. The first-order valence-corrected chi connectivity index (χ1v) is 9.97. The number of hydrogen-bond donors (Lipinski definition) is 0. The minimum atomic E-state index is -4.01. The molecule has 0 aromatic carbocycles. The molecule has 6 heteroatoms. The Morgan fingerprint density at radius 1 is 0.720 bits per heavy atom. The summed E-state index contributed by atoms with van der Waals surface area (Å²) in [5.74, 6) is -1.09. The van der Waals surface area contributed by atoms with Gasteiger partial charge in [0.15, 0.2) is 0 Å². The van der Waals surface area contributed by atoms with E-state index < -0.39 is 12.1 Å². The topological polar surface area (TPSA) is 9.72 Å². The first kappa shape index (κ1) is 21.0. The fourth-order valence-corrected chi connectivity index (χ4v) is 4.21. The molecule has 0 saturated carbocycles. The average molecular weight is 364 g/mol. The molecule has 25 heavy (non-hydrogen) atoms. The molecule has 2 aliphatic heterocycles. The van der Waals surface area contributed by atoms with E-state index in [1.165, 1.54) is 0 Å². The Morgan fingerprint density at radius 3 is 1.52 bits per heavy atom. The Balaban J connectivity index is 1.67. The highest BCUT2D eigenvalue weighted by Crippen LogP contribution is 2.34. The highest BCUT2D eigenvalue weighted by molar-refractivity contribution is 4.82. The van der Waals surface area contributed by atoms with E-state index >= 15 is 0 Å². The van der Waals surface area contributed by atoms with Crippen molar-refractivity contribution in [1.29, 1.82) is 0 Å². The van der Waals surface area contributed by atoms with Gasteiger partial charge >= 0.3 is 6.18 Å². The maximum absolute atomic E-state index is 12.8. The molecule has 2 saturated heterocycles. The molecule has 0 aliphatic carbocycles. The number of nitrogens with zero attached hydrogens (tertiary/aromatic N) is 3. The third-order valence-corrected chi connectivity index (χ3v) is 6.32. The SMILES string of the molecule is CC(C)N1CCN(C(C)CCC(C)N2CCC(C(F)(F)F)CC2)CC1. The second kappa shape index (κ2) is 9.05. The standard InChI is InChI=1S/C19H36F3N3/c1-15(2)23-11-13-25(14-12-23)17(4)6-5-16(3)24-9-7-18(8-10-24)19(20,21)22/h15-18H,5-14H2,1-4H3. The average Bonchev–Trinajstić information content (AvgIpc) is 2.58. The van der Waals surface area contributed by atoms with Crippen molar-refractivity contribution in [2.24, 2.45) is 5.92 Å². The van der Waals surface area contributed by atoms with Gasteiger partial charge < -0.3 is 4.90 Å². The van der Waals surface area contributed by atoms with Crippen molar-refractivity contribution >= 4 is 0 Å². The number of piperazine rings is 1. The summed E-state index contributed by atoms with van der Waals surface area (Å²) >= 11 is 0. The third kappa shape index (κ3) is 6.10. The fraction of sp³-hybridized carbons (Fsp3) is 1.00. The molecule has 2 heterocycles. The van der Waals surface area contributed by atoms with Crippen LogP contribution in [0.3, 0.4) is 0 Å². The lowest BCUT2D eigenvalue weighted by Crippen LogP contribution is -2.51. The van der Waals surface area contributed by atoms with Gasteiger partial charge in [0.1, 0.15) is 0 Å². The van der Waals surface area contributed by atoms with E-state index in [4.69, 9.17) is 0 Å². The number of piperidine rings is 1. The number of halogens is 3. The molecular formula is C19H36F3N3. The van der Waals surface area contributed by atoms with Crippen LogP contribution >= 0.6 is 0 Å². The zero-order chi connectivity index (χ0) is 18.6. The molecule has 0 spiro atoms. The van der Waals surface area contributed by atoms with Crippen molar-refractivity contribution in [2.75, 3.05) is 39.3 Å². The summed E-state index contributed by atoms with van der Waals surface area (Å²) in [5.41, 5.74) is 0. The maximum atomic E-state index is 12.8. The van der Waals surface area contributed by atoms with Gasteiger partial charge in [-0.25, -0.2) is 0 Å². The normalized spacial score (nSPS) is 25.4. The van der Waals surface area contributed by atoms with Crippen molar-refractivity contribution in [3.8, 4) is 0 Å². The maximum Gasteiger partial charge on any atom is 0.391 e. The highest BCUT2D eigenvalue weighted by Gasteiger charge is 2.41. The van der Waals surface area contributed by atoms with Crippen LogP contribution in [-0.2, 0) is 0 Å². The van der Waals surface area contributed by atoms with Crippen LogP contribution < -0.4 is 0 Å². The number of hydrogen-bond acceptors (Lipinski definition) is 3. The summed E-state index contributed by atoms with van der Waals surface area (Å²) < 4.78 is 38.3. The zero-order valence-corrected chi connectivity index (χ0v) is 16.4. The van der Waals surface area contributed by atoms with Crippen LogP contribution in [0.25, 0.3) is 0 Å². The van der Waals surface area contributed by atoms with Crippen LogP contribution in [0.1, 0.15) is 53.4 Å². The molecule has 0 N–H and O–H groups in total. The van der Waals surface area contributed by atoms with E-state index in [0.29, 0.717) is 31.2 Å². The van der Waals surface area contributed by atoms with Gasteiger partial charge in [-0.3, -0.25) is 9.80 Å². The van der Waals surface area contributed by atoms with Crippen molar-refractivity contribution in [1.82, 2.24) is 14.7 Å². The van der Waals surface area contributed by atoms with E-state index in [0.717, 1.165) is 39.0 Å². The summed E-state index contributed by atoms with van der Waals surface area (Å²) in [6.07, 6.45) is -1.28. The van der Waals surface area contributed by atoms with Crippen molar-refractivity contribution in [3.63, 3.8) is 0 Å². The molecule has 3 nitrogen and oxygen atoms in total. The third-order valence-electron chi connectivity index (χ3n) is 6.32. The van der Waals surface area contributed by atoms with Crippen molar-refractivity contribution in [3.05, 3.63) is 0 Å². The van der Waals surface area contributed by atoms with Crippen LogP contribution in [0.15, 0.2) is 0 Å². The van der Waals surface area contributed by atoms with Gasteiger partial charge in [0.25, 0.3) is 0 Å². The Labute approximate surface area is 151 Å². The molecular weight excluding hydrogens is 327 g/mol. The molecule has 0 aromatic rings. The second-order valence-corrected chi connectivity index (χ2v) is 8.29. The molecule has 0 bridgehead atoms. The molecule has 2 rings (SSSR count). The number of likely N-dealkylation sites (tertiary alicyclic amines) is 1. The van der Waals surface area contributed by atoms with Gasteiger partial charge in [-0.15, -0.1) is 0 Å². The quantitative estimate of drug-likeness (QED) is 0.710.